The Kier molecular flexibility index (Phi) is 2.53. The lowest BCUT2D eigenvalue weighted by Crippen LogP contribution is -2.02. The minimum absolute atomic E-state index is 0.446. The van der Waals surface area contributed by atoms with E-state index in [-0.39, 0.29) is 0 Å². The number of nitrogens with zero attached hydrogens (tertiary/aromatic N) is 3. The molecule has 0 radical (unpaired) electrons. The standard InChI is InChI=1S/C12H11N5O/c13-8-3-4-11-10(6-8)16-12(18-11)14-7-9-2-1-5-15-17-9/h1-6H,7,13H2,(H,14,16). The lowest BCUT2D eigenvalue weighted by Gasteiger charge is -1.98. The number of rotatable bonds is 3. The molecule has 0 unspecified atom stereocenters. The molecule has 0 saturated heterocycles. The summed E-state index contributed by atoms with van der Waals surface area (Å²) in [5.41, 5.74) is 8.59. The van der Waals surface area contributed by atoms with Crippen LogP contribution in [0.3, 0.4) is 0 Å². The van der Waals surface area contributed by atoms with Crippen LogP contribution < -0.4 is 11.1 Å². The summed E-state index contributed by atoms with van der Waals surface area (Å²) in [4.78, 5) is 4.28. The highest BCUT2D eigenvalue weighted by Gasteiger charge is 2.05. The van der Waals surface area contributed by atoms with Gasteiger partial charge in [-0.15, -0.1) is 0 Å². The Bertz CT molecular complexity index is 665. The van der Waals surface area contributed by atoms with Gasteiger partial charge < -0.3 is 15.5 Å². The van der Waals surface area contributed by atoms with Crippen molar-refractivity contribution in [2.24, 2.45) is 0 Å². The number of oxazole rings is 1. The molecule has 1 aromatic carbocycles. The summed E-state index contributed by atoms with van der Waals surface area (Å²) >= 11 is 0. The molecule has 3 aromatic rings. The first-order chi connectivity index (χ1) is 8.81. The van der Waals surface area contributed by atoms with E-state index >= 15 is 0 Å². The highest BCUT2D eigenvalue weighted by molar-refractivity contribution is 5.78. The molecule has 2 aromatic heterocycles. The van der Waals surface area contributed by atoms with Crippen LogP contribution in [0, 0.1) is 0 Å². The number of hydrogen-bond acceptors (Lipinski definition) is 6. The molecule has 3 rings (SSSR count). The van der Waals surface area contributed by atoms with Gasteiger partial charge in [0.1, 0.15) is 5.52 Å². The molecule has 0 fully saturated rings. The van der Waals surface area contributed by atoms with Gasteiger partial charge in [0.15, 0.2) is 5.58 Å². The Labute approximate surface area is 103 Å². The Hall–Kier alpha value is -2.63. The van der Waals surface area contributed by atoms with Crippen molar-refractivity contribution in [1.82, 2.24) is 15.2 Å². The minimum Gasteiger partial charge on any atom is -0.424 e. The fourth-order valence-corrected chi connectivity index (χ4v) is 1.61. The van der Waals surface area contributed by atoms with Crippen molar-refractivity contribution in [3.05, 3.63) is 42.2 Å². The van der Waals surface area contributed by atoms with Crippen LogP contribution in [0.15, 0.2) is 40.9 Å². The van der Waals surface area contributed by atoms with Gasteiger partial charge in [0.25, 0.3) is 6.01 Å². The van der Waals surface area contributed by atoms with Crippen LogP contribution in [0.5, 0.6) is 0 Å². The number of hydrogen-bond donors (Lipinski definition) is 2. The van der Waals surface area contributed by atoms with E-state index in [4.69, 9.17) is 10.2 Å². The number of aromatic nitrogens is 3. The summed E-state index contributed by atoms with van der Waals surface area (Å²) < 4.78 is 5.52. The molecule has 0 aliphatic heterocycles. The Morgan fingerprint density at radius 2 is 2.22 bits per heavy atom. The maximum absolute atomic E-state index is 5.68. The molecular weight excluding hydrogens is 230 g/mol. The van der Waals surface area contributed by atoms with Crippen molar-refractivity contribution >= 4 is 22.8 Å². The van der Waals surface area contributed by atoms with Gasteiger partial charge in [0, 0.05) is 11.9 Å². The fraction of sp³-hybridized carbons (Fsp3) is 0.0833. The van der Waals surface area contributed by atoms with Crippen molar-refractivity contribution in [3.8, 4) is 0 Å². The average Bonchev–Trinajstić information content (AvgIpc) is 2.79. The third-order valence-electron chi connectivity index (χ3n) is 2.46. The highest BCUT2D eigenvalue weighted by Crippen LogP contribution is 2.21. The molecule has 90 valence electrons. The van der Waals surface area contributed by atoms with E-state index in [0.717, 1.165) is 11.2 Å². The molecule has 2 heterocycles. The normalized spacial score (nSPS) is 10.7. The van der Waals surface area contributed by atoms with E-state index in [9.17, 15) is 0 Å². The predicted octanol–water partition coefficient (Wildman–Crippen LogP) is 1.81. The van der Waals surface area contributed by atoms with Crippen LogP contribution in [0.4, 0.5) is 11.7 Å². The quantitative estimate of drug-likeness (QED) is 0.680. The molecule has 0 spiro atoms. The van der Waals surface area contributed by atoms with Crippen molar-refractivity contribution < 1.29 is 4.42 Å². The number of nitrogens with two attached hydrogens (primary N) is 1. The number of anilines is 2. The first-order valence-corrected chi connectivity index (χ1v) is 5.48. The van der Waals surface area contributed by atoms with Crippen molar-refractivity contribution in [3.63, 3.8) is 0 Å². The van der Waals surface area contributed by atoms with Gasteiger partial charge in [-0.3, -0.25) is 0 Å². The lowest BCUT2D eigenvalue weighted by molar-refractivity contribution is 0.613. The van der Waals surface area contributed by atoms with Crippen LogP contribution in [0.25, 0.3) is 11.1 Å². The summed E-state index contributed by atoms with van der Waals surface area (Å²) in [5, 5.41) is 10.8. The van der Waals surface area contributed by atoms with Gasteiger partial charge in [-0.25, -0.2) is 0 Å². The number of nitrogens with one attached hydrogen (secondary N) is 1. The van der Waals surface area contributed by atoms with Crippen molar-refractivity contribution in [1.29, 1.82) is 0 Å². The van der Waals surface area contributed by atoms with E-state index in [2.05, 4.69) is 20.5 Å². The lowest BCUT2D eigenvalue weighted by atomic mass is 10.3. The molecular formula is C12H11N5O. The zero-order valence-electron chi connectivity index (χ0n) is 9.50. The second-order valence-corrected chi connectivity index (χ2v) is 3.81. The van der Waals surface area contributed by atoms with Gasteiger partial charge in [0.2, 0.25) is 0 Å². The van der Waals surface area contributed by atoms with Gasteiger partial charge >= 0.3 is 0 Å². The third-order valence-corrected chi connectivity index (χ3v) is 2.46. The summed E-state index contributed by atoms with van der Waals surface area (Å²) in [6.07, 6.45) is 1.63. The molecule has 18 heavy (non-hydrogen) atoms. The smallest absolute Gasteiger partial charge is 0.296 e. The van der Waals surface area contributed by atoms with Crippen molar-refractivity contribution in [2.45, 2.75) is 6.54 Å². The Balaban J connectivity index is 1.79. The van der Waals surface area contributed by atoms with E-state index in [1.807, 2.05) is 12.1 Å². The van der Waals surface area contributed by atoms with E-state index in [1.54, 1.807) is 24.4 Å². The maximum atomic E-state index is 5.68. The molecule has 0 aliphatic rings. The SMILES string of the molecule is Nc1ccc2oc(NCc3cccnn3)nc2c1. The molecule has 3 N–H and O–H groups in total. The van der Waals surface area contributed by atoms with Crippen LogP contribution in [0.2, 0.25) is 0 Å². The van der Waals surface area contributed by atoms with Crippen LogP contribution in [-0.4, -0.2) is 15.2 Å². The monoisotopic (exact) mass is 241 g/mol. The van der Waals surface area contributed by atoms with Gasteiger partial charge in [-0.05, 0) is 30.3 Å². The Morgan fingerprint density at radius 3 is 3.06 bits per heavy atom. The van der Waals surface area contributed by atoms with Gasteiger partial charge in [0.05, 0.1) is 12.2 Å². The molecule has 0 saturated carbocycles. The summed E-state index contributed by atoms with van der Waals surface area (Å²) in [5.74, 6) is 0. The summed E-state index contributed by atoms with van der Waals surface area (Å²) in [6.45, 7) is 0.510. The van der Waals surface area contributed by atoms with E-state index < -0.39 is 0 Å². The average molecular weight is 241 g/mol. The van der Waals surface area contributed by atoms with Crippen LogP contribution in [-0.2, 0) is 6.54 Å². The topological polar surface area (TPSA) is 89.9 Å². The highest BCUT2D eigenvalue weighted by atomic mass is 16.4. The number of benzene rings is 1. The summed E-state index contributed by atoms with van der Waals surface area (Å²) in [6, 6.07) is 9.50. The second-order valence-electron chi connectivity index (χ2n) is 3.81. The largest absolute Gasteiger partial charge is 0.424 e. The summed E-state index contributed by atoms with van der Waals surface area (Å²) in [7, 11) is 0. The fourth-order valence-electron chi connectivity index (χ4n) is 1.61. The molecule has 0 amide bonds. The van der Waals surface area contributed by atoms with Crippen LogP contribution >= 0.6 is 0 Å². The van der Waals surface area contributed by atoms with Gasteiger partial charge in [-0.2, -0.15) is 15.2 Å². The van der Waals surface area contributed by atoms with E-state index in [0.29, 0.717) is 23.8 Å². The first kappa shape index (κ1) is 10.5. The van der Waals surface area contributed by atoms with Crippen LogP contribution in [0.1, 0.15) is 5.69 Å². The zero-order valence-corrected chi connectivity index (χ0v) is 9.50. The third kappa shape index (κ3) is 2.08. The number of fused-ring (bicyclic) bond motifs is 1. The predicted molar refractivity (Wildman–Crippen MR) is 67.8 cm³/mol. The zero-order chi connectivity index (χ0) is 12.4. The molecule has 6 heteroatoms. The number of nitrogen functional groups attached to an aromatic ring is 1. The molecule has 6 nitrogen and oxygen atoms in total. The Morgan fingerprint density at radius 1 is 1.28 bits per heavy atom. The van der Waals surface area contributed by atoms with E-state index in [1.165, 1.54) is 0 Å². The first-order valence-electron chi connectivity index (χ1n) is 5.48. The van der Waals surface area contributed by atoms with Crippen molar-refractivity contribution in [2.75, 3.05) is 11.1 Å². The molecule has 0 aliphatic carbocycles. The van der Waals surface area contributed by atoms with Gasteiger partial charge in [-0.1, -0.05) is 0 Å². The minimum atomic E-state index is 0.446. The second kappa shape index (κ2) is 4.33. The molecule has 0 atom stereocenters. The maximum Gasteiger partial charge on any atom is 0.296 e. The molecule has 0 bridgehead atoms.